The second-order valence-corrected chi connectivity index (χ2v) is 6.12. The van der Waals surface area contributed by atoms with Crippen LogP contribution < -0.4 is 0 Å². The summed E-state index contributed by atoms with van der Waals surface area (Å²) >= 11 is 3.38. The van der Waals surface area contributed by atoms with Crippen LogP contribution in [0.5, 0.6) is 0 Å². The summed E-state index contributed by atoms with van der Waals surface area (Å²) in [6.07, 6.45) is 5.97. The first kappa shape index (κ1) is 15.4. The van der Waals surface area contributed by atoms with Gasteiger partial charge >= 0.3 is 5.97 Å². The molecule has 0 unspecified atom stereocenters. The number of hydrogen-bond donors (Lipinski definition) is 0. The fraction of sp³-hybridized carbons (Fsp3) is 0.600. The van der Waals surface area contributed by atoms with E-state index in [1.54, 1.807) is 6.20 Å². The average Bonchev–Trinajstić information content (AvgIpc) is 2.49. The standard InChI is InChI=1S/C15H20BrNO3/c1-19-14(18)15(7-9-20-10-8-15)6-2-3-13-5-4-12(16)11-17-13/h4-5,11H,2-3,6-10H2,1H3. The maximum absolute atomic E-state index is 12.1. The zero-order valence-corrected chi connectivity index (χ0v) is 13.3. The highest BCUT2D eigenvalue weighted by molar-refractivity contribution is 9.10. The SMILES string of the molecule is COC(=O)C1(CCCc2ccc(Br)cn2)CCOCC1. The number of pyridine rings is 1. The van der Waals surface area contributed by atoms with Gasteiger partial charge in [-0.2, -0.15) is 0 Å². The van der Waals surface area contributed by atoms with Crippen molar-refractivity contribution < 1.29 is 14.3 Å². The molecule has 4 nitrogen and oxygen atoms in total. The predicted octanol–water partition coefficient (Wildman–Crippen LogP) is 3.14. The molecule has 5 heteroatoms. The molecule has 0 amide bonds. The summed E-state index contributed by atoms with van der Waals surface area (Å²) in [7, 11) is 1.47. The Bertz CT molecular complexity index is 441. The number of esters is 1. The molecular weight excluding hydrogens is 322 g/mol. The van der Waals surface area contributed by atoms with Gasteiger partial charge in [0.1, 0.15) is 0 Å². The highest BCUT2D eigenvalue weighted by atomic mass is 79.9. The minimum absolute atomic E-state index is 0.0930. The third kappa shape index (κ3) is 3.79. The quantitative estimate of drug-likeness (QED) is 0.772. The van der Waals surface area contributed by atoms with Crippen LogP contribution >= 0.6 is 15.9 Å². The lowest BCUT2D eigenvalue weighted by Crippen LogP contribution is -2.38. The van der Waals surface area contributed by atoms with Crippen molar-refractivity contribution in [2.75, 3.05) is 20.3 Å². The molecule has 0 spiro atoms. The molecule has 2 heterocycles. The van der Waals surface area contributed by atoms with Gasteiger partial charge in [-0.3, -0.25) is 9.78 Å². The Balaban J connectivity index is 1.92. The first-order valence-corrected chi connectivity index (χ1v) is 7.72. The largest absolute Gasteiger partial charge is 0.469 e. The van der Waals surface area contributed by atoms with Gasteiger partial charge in [0.25, 0.3) is 0 Å². The van der Waals surface area contributed by atoms with Crippen molar-refractivity contribution in [3.8, 4) is 0 Å². The van der Waals surface area contributed by atoms with Gasteiger partial charge in [-0.25, -0.2) is 0 Å². The predicted molar refractivity (Wildman–Crippen MR) is 79.4 cm³/mol. The Morgan fingerprint density at radius 1 is 1.45 bits per heavy atom. The Morgan fingerprint density at radius 3 is 2.80 bits per heavy atom. The molecule has 1 aromatic heterocycles. The lowest BCUT2D eigenvalue weighted by molar-refractivity contribution is -0.159. The number of aromatic nitrogens is 1. The van der Waals surface area contributed by atoms with Crippen LogP contribution in [0.1, 0.15) is 31.4 Å². The number of nitrogens with zero attached hydrogens (tertiary/aromatic N) is 1. The van der Waals surface area contributed by atoms with Gasteiger partial charge in [-0.1, -0.05) is 0 Å². The van der Waals surface area contributed by atoms with Gasteiger partial charge in [-0.15, -0.1) is 0 Å². The molecule has 0 atom stereocenters. The van der Waals surface area contributed by atoms with Crippen molar-refractivity contribution in [2.24, 2.45) is 5.41 Å². The molecule has 1 aromatic rings. The first-order valence-electron chi connectivity index (χ1n) is 6.93. The van der Waals surface area contributed by atoms with Crippen molar-refractivity contribution >= 4 is 21.9 Å². The van der Waals surface area contributed by atoms with Crippen LogP contribution in [0.15, 0.2) is 22.8 Å². The summed E-state index contributed by atoms with van der Waals surface area (Å²) in [4.78, 5) is 16.4. The number of ether oxygens (including phenoxy) is 2. The number of hydrogen-bond acceptors (Lipinski definition) is 4. The van der Waals surface area contributed by atoms with Crippen molar-refractivity contribution in [3.05, 3.63) is 28.5 Å². The van der Waals surface area contributed by atoms with E-state index in [1.807, 2.05) is 12.1 Å². The average molecular weight is 342 g/mol. The normalized spacial score (nSPS) is 17.7. The van der Waals surface area contributed by atoms with Crippen LogP contribution in [-0.4, -0.2) is 31.3 Å². The Morgan fingerprint density at radius 2 is 2.20 bits per heavy atom. The molecule has 1 saturated heterocycles. The molecule has 20 heavy (non-hydrogen) atoms. The van der Waals surface area contributed by atoms with Crippen LogP contribution in [0.4, 0.5) is 0 Å². The van der Waals surface area contributed by atoms with Gasteiger partial charge in [0, 0.05) is 29.6 Å². The van der Waals surface area contributed by atoms with Crippen LogP contribution in [-0.2, 0) is 20.7 Å². The van der Waals surface area contributed by atoms with E-state index in [0.717, 1.165) is 42.3 Å². The van der Waals surface area contributed by atoms with Crippen LogP contribution in [0.2, 0.25) is 0 Å². The molecule has 110 valence electrons. The van der Waals surface area contributed by atoms with Gasteiger partial charge < -0.3 is 9.47 Å². The Hall–Kier alpha value is -0.940. The lowest BCUT2D eigenvalue weighted by Gasteiger charge is -2.34. The smallest absolute Gasteiger partial charge is 0.311 e. The van der Waals surface area contributed by atoms with Crippen molar-refractivity contribution in [3.63, 3.8) is 0 Å². The molecule has 0 aliphatic carbocycles. The van der Waals surface area contributed by atoms with Crippen molar-refractivity contribution in [1.82, 2.24) is 4.98 Å². The van der Waals surface area contributed by atoms with Crippen LogP contribution in [0.3, 0.4) is 0 Å². The molecule has 1 fully saturated rings. The van der Waals surface area contributed by atoms with Crippen LogP contribution in [0.25, 0.3) is 0 Å². The maximum atomic E-state index is 12.1. The minimum atomic E-state index is -0.359. The zero-order chi connectivity index (χ0) is 14.4. The van der Waals surface area contributed by atoms with Crippen molar-refractivity contribution in [1.29, 1.82) is 0 Å². The summed E-state index contributed by atoms with van der Waals surface area (Å²) in [5, 5.41) is 0. The van der Waals surface area contributed by atoms with E-state index in [1.165, 1.54) is 7.11 Å². The number of carbonyl (C=O) groups excluding carboxylic acids is 1. The maximum Gasteiger partial charge on any atom is 0.311 e. The van der Waals surface area contributed by atoms with E-state index in [-0.39, 0.29) is 11.4 Å². The molecule has 0 saturated carbocycles. The molecule has 0 N–H and O–H groups in total. The minimum Gasteiger partial charge on any atom is -0.469 e. The topological polar surface area (TPSA) is 48.4 Å². The number of methoxy groups -OCH3 is 1. The van der Waals surface area contributed by atoms with Crippen LogP contribution in [0, 0.1) is 5.41 Å². The zero-order valence-electron chi connectivity index (χ0n) is 11.7. The molecule has 1 aliphatic rings. The lowest BCUT2D eigenvalue weighted by atomic mass is 9.76. The molecule has 0 radical (unpaired) electrons. The van der Waals surface area contributed by atoms with Gasteiger partial charge in [-0.05, 0) is 60.2 Å². The highest BCUT2D eigenvalue weighted by Gasteiger charge is 2.40. The summed E-state index contributed by atoms with van der Waals surface area (Å²) in [6, 6.07) is 4.01. The molecule has 0 aromatic carbocycles. The van der Waals surface area contributed by atoms with Crippen molar-refractivity contribution in [2.45, 2.75) is 32.1 Å². The van der Waals surface area contributed by atoms with E-state index in [4.69, 9.17) is 9.47 Å². The molecular formula is C15H20BrNO3. The summed E-state index contributed by atoms with van der Waals surface area (Å²) < 4.78 is 11.4. The Labute approximate surface area is 128 Å². The summed E-state index contributed by atoms with van der Waals surface area (Å²) in [6.45, 7) is 1.29. The van der Waals surface area contributed by atoms with E-state index in [9.17, 15) is 4.79 Å². The van der Waals surface area contributed by atoms with E-state index in [0.29, 0.717) is 13.2 Å². The number of carbonyl (C=O) groups is 1. The highest BCUT2D eigenvalue weighted by Crippen LogP contribution is 2.37. The number of aryl methyl sites for hydroxylation is 1. The van der Waals surface area contributed by atoms with E-state index < -0.39 is 0 Å². The third-order valence-electron chi connectivity index (χ3n) is 3.95. The second kappa shape index (κ2) is 7.18. The summed E-state index contributed by atoms with van der Waals surface area (Å²) in [5.41, 5.74) is 0.697. The fourth-order valence-corrected chi connectivity index (χ4v) is 2.93. The molecule has 1 aliphatic heterocycles. The molecule has 2 rings (SSSR count). The Kier molecular flexibility index (Phi) is 5.54. The molecule has 0 bridgehead atoms. The van der Waals surface area contributed by atoms with Gasteiger partial charge in [0.15, 0.2) is 0 Å². The monoisotopic (exact) mass is 341 g/mol. The van der Waals surface area contributed by atoms with Gasteiger partial charge in [0.2, 0.25) is 0 Å². The number of rotatable bonds is 5. The second-order valence-electron chi connectivity index (χ2n) is 5.21. The first-order chi connectivity index (χ1) is 9.66. The summed E-state index contributed by atoms with van der Waals surface area (Å²) in [5.74, 6) is -0.0930. The van der Waals surface area contributed by atoms with E-state index >= 15 is 0 Å². The fourth-order valence-electron chi connectivity index (χ4n) is 2.70. The van der Waals surface area contributed by atoms with E-state index in [2.05, 4.69) is 20.9 Å². The number of halogens is 1. The third-order valence-corrected chi connectivity index (χ3v) is 4.41. The van der Waals surface area contributed by atoms with Gasteiger partial charge in [0.05, 0.1) is 12.5 Å².